The minimum atomic E-state index is -3.54. The number of carbonyl (C=O) groups excluding carboxylic acids is 2. The maximum Gasteiger partial charge on any atom is 0.340 e. The molecule has 0 aliphatic rings. The number of anilines is 1. The van der Waals surface area contributed by atoms with Gasteiger partial charge in [0.1, 0.15) is 11.5 Å². The van der Waals surface area contributed by atoms with Crippen molar-refractivity contribution in [3.8, 4) is 11.5 Å². The molecule has 0 saturated heterocycles. The average molecular weight is 474 g/mol. The third-order valence-corrected chi connectivity index (χ3v) is 5.78. The molecular formula is C23H20ClNO6S. The van der Waals surface area contributed by atoms with Crippen LogP contribution in [0.25, 0.3) is 0 Å². The van der Waals surface area contributed by atoms with Gasteiger partial charge in [0.05, 0.1) is 15.5 Å². The third-order valence-electron chi connectivity index (χ3n) is 4.34. The number of carbonyl (C=O) groups is 2. The fourth-order valence-electron chi connectivity index (χ4n) is 2.64. The van der Waals surface area contributed by atoms with Gasteiger partial charge in [-0.25, -0.2) is 13.2 Å². The largest absolute Gasteiger partial charge is 0.457 e. The van der Waals surface area contributed by atoms with E-state index in [-0.39, 0.29) is 15.5 Å². The molecule has 0 heterocycles. The number of halogens is 1. The van der Waals surface area contributed by atoms with Crippen LogP contribution in [0.3, 0.4) is 0 Å². The monoisotopic (exact) mass is 473 g/mol. The molecule has 0 saturated carbocycles. The summed E-state index contributed by atoms with van der Waals surface area (Å²) in [6, 6.07) is 19.6. The SMILES string of the molecule is CC(OC(=O)c1cc(S(C)(=O)=O)ccc1Cl)C(=O)Nc1ccc(Oc2ccccc2)cc1. The minimum absolute atomic E-state index is 0.0176. The van der Waals surface area contributed by atoms with Crippen LogP contribution in [-0.2, 0) is 19.4 Å². The number of hydrogen-bond acceptors (Lipinski definition) is 6. The van der Waals surface area contributed by atoms with Gasteiger partial charge in [-0.05, 0) is 61.5 Å². The average Bonchev–Trinajstić information content (AvgIpc) is 2.75. The van der Waals surface area contributed by atoms with Crippen molar-refractivity contribution in [3.63, 3.8) is 0 Å². The molecule has 0 bridgehead atoms. The Morgan fingerprint density at radius 1 is 0.938 bits per heavy atom. The van der Waals surface area contributed by atoms with Crippen molar-refractivity contribution in [2.45, 2.75) is 17.9 Å². The van der Waals surface area contributed by atoms with E-state index in [1.54, 1.807) is 24.3 Å². The van der Waals surface area contributed by atoms with Crippen molar-refractivity contribution in [1.82, 2.24) is 0 Å². The second-order valence-corrected chi connectivity index (χ2v) is 9.31. The van der Waals surface area contributed by atoms with Gasteiger partial charge in [-0.1, -0.05) is 29.8 Å². The van der Waals surface area contributed by atoms with Gasteiger partial charge in [0.15, 0.2) is 15.9 Å². The zero-order chi connectivity index (χ0) is 23.3. The van der Waals surface area contributed by atoms with Crippen LogP contribution in [0.4, 0.5) is 5.69 Å². The Morgan fingerprint density at radius 3 is 2.19 bits per heavy atom. The first-order chi connectivity index (χ1) is 15.1. The lowest BCUT2D eigenvalue weighted by molar-refractivity contribution is -0.123. The Labute approximate surface area is 190 Å². The number of benzene rings is 3. The molecule has 0 fully saturated rings. The summed E-state index contributed by atoms with van der Waals surface area (Å²) in [6.45, 7) is 1.40. The Bertz CT molecular complexity index is 1230. The molecule has 32 heavy (non-hydrogen) atoms. The minimum Gasteiger partial charge on any atom is -0.457 e. The zero-order valence-corrected chi connectivity index (χ0v) is 18.8. The van der Waals surface area contributed by atoms with E-state index in [1.807, 2.05) is 30.3 Å². The van der Waals surface area contributed by atoms with Crippen LogP contribution < -0.4 is 10.1 Å². The second kappa shape index (κ2) is 9.84. The molecule has 0 spiro atoms. The normalized spacial score (nSPS) is 12.0. The fraction of sp³-hybridized carbons (Fsp3) is 0.130. The van der Waals surface area contributed by atoms with E-state index < -0.39 is 27.8 Å². The summed E-state index contributed by atoms with van der Waals surface area (Å²) in [5, 5.41) is 2.66. The molecule has 1 amide bonds. The molecule has 0 aliphatic carbocycles. The first kappa shape index (κ1) is 23.3. The molecule has 1 N–H and O–H groups in total. The summed E-state index contributed by atoms with van der Waals surface area (Å²) in [6.07, 6.45) is -0.141. The highest BCUT2D eigenvalue weighted by atomic mass is 35.5. The van der Waals surface area contributed by atoms with Crippen LogP contribution in [0.15, 0.2) is 77.7 Å². The Balaban J connectivity index is 1.62. The third kappa shape index (κ3) is 6.09. The van der Waals surface area contributed by atoms with Gasteiger partial charge in [-0.3, -0.25) is 4.79 Å². The predicted molar refractivity (Wildman–Crippen MR) is 121 cm³/mol. The van der Waals surface area contributed by atoms with Crippen LogP contribution in [0.1, 0.15) is 17.3 Å². The van der Waals surface area contributed by atoms with E-state index in [9.17, 15) is 18.0 Å². The van der Waals surface area contributed by atoms with E-state index in [1.165, 1.54) is 19.1 Å². The number of sulfone groups is 1. The summed E-state index contributed by atoms with van der Waals surface area (Å²) >= 11 is 6.00. The van der Waals surface area contributed by atoms with Crippen molar-refractivity contribution < 1.29 is 27.5 Å². The maximum absolute atomic E-state index is 12.4. The van der Waals surface area contributed by atoms with E-state index in [4.69, 9.17) is 21.1 Å². The molecule has 3 rings (SSSR count). The first-order valence-corrected chi connectivity index (χ1v) is 11.7. The van der Waals surface area contributed by atoms with E-state index >= 15 is 0 Å². The number of ether oxygens (including phenoxy) is 2. The lowest BCUT2D eigenvalue weighted by Crippen LogP contribution is -2.30. The fourth-order valence-corrected chi connectivity index (χ4v) is 3.49. The van der Waals surface area contributed by atoms with E-state index in [2.05, 4.69) is 5.32 Å². The van der Waals surface area contributed by atoms with E-state index in [0.29, 0.717) is 17.2 Å². The summed E-state index contributed by atoms with van der Waals surface area (Å²) < 4.78 is 34.3. The summed E-state index contributed by atoms with van der Waals surface area (Å²) in [4.78, 5) is 24.8. The van der Waals surface area contributed by atoms with Gasteiger partial charge in [0.2, 0.25) is 0 Å². The number of para-hydroxylation sites is 1. The van der Waals surface area contributed by atoms with Gasteiger partial charge in [-0.15, -0.1) is 0 Å². The molecule has 3 aromatic rings. The Hall–Kier alpha value is -3.36. The predicted octanol–water partition coefficient (Wildman–Crippen LogP) is 4.72. The summed E-state index contributed by atoms with van der Waals surface area (Å²) in [5.74, 6) is -0.197. The number of esters is 1. The van der Waals surface area contributed by atoms with Crippen molar-refractivity contribution >= 4 is 39.0 Å². The van der Waals surface area contributed by atoms with Crippen LogP contribution >= 0.6 is 11.6 Å². The van der Waals surface area contributed by atoms with E-state index in [0.717, 1.165) is 12.3 Å². The smallest absolute Gasteiger partial charge is 0.340 e. The van der Waals surface area contributed by atoms with Crippen molar-refractivity contribution in [1.29, 1.82) is 0 Å². The number of amides is 1. The van der Waals surface area contributed by atoms with Gasteiger partial charge in [0, 0.05) is 11.9 Å². The maximum atomic E-state index is 12.4. The van der Waals surface area contributed by atoms with Gasteiger partial charge >= 0.3 is 5.97 Å². The molecule has 166 valence electrons. The first-order valence-electron chi connectivity index (χ1n) is 9.48. The van der Waals surface area contributed by atoms with Crippen LogP contribution in [0, 0.1) is 0 Å². The lowest BCUT2D eigenvalue weighted by Gasteiger charge is -2.15. The lowest BCUT2D eigenvalue weighted by atomic mass is 10.2. The highest BCUT2D eigenvalue weighted by Gasteiger charge is 2.22. The number of rotatable bonds is 7. The quantitative estimate of drug-likeness (QED) is 0.498. The summed E-state index contributed by atoms with van der Waals surface area (Å²) in [7, 11) is -3.54. The summed E-state index contributed by atoms with van der Waals surface area (Å²) in [5.41, 5.74) is 0.340. The van der Waals surface area contributed by atoms with Crippen LogP contribution in [-0.4, -0.2) is 32.7 Å². The van der Waals surface area contributed by atoms with Crippen LogP contribution in [0.2, 0.25) is 5.02 Å². The molecule has 0 aromatic heterocycles. The van der Waals surface area contributed by atoms with Gasteiger partial charge in [-0.2, -0.15) is 0 Å². The number of nitrogens with one attached hydrogen (secondary N) is 1. The van der Waals surface area contributed by atoms with Crippen molar-refractivity contribution in [2.24, 2.45) is 0 Å². The molecule has 7 nitrogen and oxygen atoms in total. The van der Waals surface area contributed by atoms with Crippen LogP contribution in [0.5, 0.6) is 11.5 Å². The Morgan fingerprint density at radius 2 is 1.56 bits per heavy atom. The standard InChI is InChI=1S/C23H20ClNO6S/c1-15(30-23(27)20-14-19(32(2,28)29)12-13-21(20)24)22(26)25-16-8-10-18(11-9-16)31-17-6-4-3-5-7-17/h3-15H,1-2H3,(H,25,26). The highest BCUT2D eigenvalue weighted by Crippen LogP contribution is 2.24. The molecular weight excluding hydrogens is 454 g/mol. The molecule has 0 radical (unpaired) electrons. The molecule has 1 unspecified atom stereocenters. The van der Waals surface area contributed by atoms with Gasteiger partial charge in [0.25, 0.3) is 5.91 Å². The molecule has 9 heteroatoms. The molecule has 3 aromatic carbocycles. The number of hydrogen-bond donors (Lipinski definition) is 1. The zero-order valence-electron chi connectivity index (χ0n) is 17.2. The second-order valence-electron chi connectivity index (χ2n) is 6.89. The van der Waals surface area contributed by atoms with Crippen molar-refractivity contribution in [2.75, 3.05) is 11.6 Å². The topological polar surface area (TPSA) is 98.8 Å². The Kier molecular flexibility index (Phi) is 7.17. The molecule has 1 atom stereocenters. The molecule has 0 aliphatic heterocycles. The van der Waals surface area contributed by atoms with Crippen molar-refractivity contribution in [3.05, 3.63) is 83.4 Å². The van der Waals surface area contributed by atoms with Gasteiger partial charge < -0.3 is 14.8 Å². The highest BCUT2D eigenvalue weighted by molar-refractivity contribution is 7.90.